The van der Waals surface area contributed by atoms with Crippen molar-refractivity contribution in [3.05, 3.63) is 0 Å². The third-order valence-corrected chi connectivity index (χ3v) is 4.24. The predicted octanol–water partition coefficient (Wildman–Crippen LogP) is 1.26. The summed E-state index contributed by atoms with van der Waals surface area (Å²) in [5.74, 6) is -0.370. The van der Waals surface area contributed by atoms with Crippen LogP contribution in [0.5, 0.6) is 0 Å². The highest BCUT2D eigenvalue weighted by Crippen LogP contribution is 2.35. The second kappa shape index (κ2) is 8.19. The molecule has 6 heteroatoms. The van der Waals surface area contributed by atoms with E-state index in [1.807, 2.05) is 6.92 Å². The predicted molar refractivity (Wildman–Crippen MR) is 83.2 cm³/mol. The number of nitrogens with two attached hydrogens (primary N) is 1. The molecule has 0 aromatic heterocycles. The summed E-state index contributed by atoms with van der Waals surface area (Å²) in [5, 5.41) is 5.42. The number of amides is 2. The second-order valence-electron chi connectivity index (χ2n) is 5.39. The van der Waals surface area contributed by atoms with Crippen LogP contribution in [0.3, 0.4) is 0 Å². The molecule has 20 heavy (non-hydrogen) atoms. The maximum Gasteiger partial charge on any atom is 0.239 e. The van der Waals surface area contributed by atoms with Gasteiger partial charge in [-0.25, -0.2) is 0 Å². The number of carbonyl (C=O) groups excluding carboxylic acids is 2. The molecule has 0 aromatic rings. The van der Waals surface area contributed by atoms with Crippen LogP contribution in [0.4, 0.5) is 0 Å². The normalized spacial score (nSPS) is 17.9. The maximum absolute atomic E-state index is 12.4. The summed E-state index contributed by atoms with van der Waals surface area (Å²) in [6.07, 6.45) is 6.36. The third kappa shape index (κ3) is 4.44. The molecular weight excluding hydrogens is 274 g/mol. The van der Waals surface area contributed by atoms with E-state index < -0.39 is 5.41 Å². The topological polar surface area (TPSA) is 84.2 Å². The largest absolute Gasteiger partial charge is 0.392 e. The Morgan fingerprint density at radius 1 is 1.15 bits per heavy atom. The lowest BCUT2D eigenvalue weighted by atomic mass is 9.79. The average molecular weight is 299 g/mol. The quantitative estimate of drug-likeness (QED) is 0.509. The summed E-state index contributed by atoms with van der Waals surface area (Å²) >= 11 is 5.13. The van der Waals surface area contributed by atoms with Crippen LogP contribution in [-0.4, -0.2) is 29.9 Å². The Bertz CT molecular complexity index is 363. The highest BCUT2D eigenvalue weighted by atomic mass is 32.1. The molecule has 0 aromatic carbocycles. The van der Waals surface area contributed by atoms with E-state index in [1.165, 1.54) is 0 Å². The lowest BCUT2D eigenvalue weighted by Gasteiger charge is -2.30. The molecule has 4 N–H and O–H groups in total. The van der Waals surface area contributed by atoms with E-state index in [2.05, 4.69) is 10.6 Å². The first-order valence-electron chi connectivity index (χ1n) is 7.38. The molecule has 0 radical (unpaired) electrons. The van der Waals surface area contributed by atoms with Crippen molar-refractivity contribution < 1.29 is 9.59 Å². The molecule has 0 bridgehead atoms. The van der Waals surface area contributed by atoms with Crippen LogP contribution in [0.2, 0.25) is 0 Å². The zero-order valence-corrected chi connectivity index (χ0v) is 13.0. The van der Waals surface area contributed by atoms with Crippen molar-refractivity contribution in [2.45, 2.75) is 51.9 Å². The van der Waals surface area contributed by atoms with Gasteiger partial charge in [0, 0.05) is 6.54 Å². The number of carbonyl (C=O) groups is 2. The summed E-state index contributed by atoms with van der Waals surface area (Å²) in [7, 11) is 0. The van der Waals surface area contributed by atoms with Gasteiger partial charge < -0.3 is 16.4 Å². The Hall–Kier alpha value is -1.17. The minimum absolute atomic E-state index is 0.0107. The van der Waals surface area contributed by atoms with Crippen LogP contribution >= 0.6 is 12.2 Å². The fourth-order valence-electron chi connectivity index (χ4n) is 2.57. The first kappa shape index (κ1) is 16.9. The van der Waals surface area contributed by atoms with E-state index >= 15 is 0 Å². The van der Waals surface area contributed by atoms with Gasteiger partial charge in [0.1, 0.15) is 0 Å². The van der Waals surface area contributed by atoms with Crippen LogP contribution in [0.15, 0.2) is 0 Å². The summed E-state index contributed by atoms with van der Waals surface area (Å²) < 4.78 is 0. The van der Waals surface area contributed by atoms with Gasteiger partial charge >= 0.3 is 0 Å². The van der Waals surface area contributed by atoms with E-state index in [0.29, 0.717) is 19.4 Å². The van der Waals surface area contributed by atoms with Gasteiger partial charge in [-0.15, -0.1) is 0 Å². The Morgan fingerprint density at radius 3 is 2.25 bits per heavy atom. The summed E-state index contributed by atoms with van der Waals surface area (Å²) in [6.45, 7) is 2.59. The molecule has 1 aliphatic rings. The van der Waals surface area contributed by atoms with Gasteiger partial charge in [-0.1, -0.05) is 44.8 Å². The van der Waals surface area contributed by atoms with E-state index in [-0.39, 0.29) is 23.3 Å². The Morgan fingerprint density at radius 2 is 1.75 bits per heavy atom. The third-order valence-electron chi connectivity index (χ3n) is 3.85. The highest BCUT2D eigenvalue weighted by Gasteiger charge is 2.41. The van der Waals surface area contributed by atoms with Crippen molar-refractivity contribution in [3.8, 4) is 0 Å². The van der Waals surface area contributed by atoms with Crippen molar-refractivity contribution in [3.63, 3.8) is 0 Å². The standard InChI is InChI=1S/C14H25N3O2S/c1-2-9-16-11(18)10-17-13(19)14(12(15)20)7-5-3-4-6-8-14/h2-10H2,1H3,(H2,15,20)(H,16,18)(H,17,19). The number of nitrogens with one attached hydrogen (secondary N) is 2. The second-order valence-corrected chi connectivity index (χ2v) is 5.83. The van der Waals surface area contributed by atoms with E-state index in [1.54, 1.807) is 0 Å². The maximum atomic E-state index is 12.4. The molecule has 0 spiro atoms. The molecule has 114 valence electrons. The number of thiocarbonyl (C=S) groups is 1. The van der Waals surface area contributed by atoms with E-state index in [0.717, 1.165) is 32.1 Å². The van der Waals surface area contributed by atoms with Crippen LogP contribution in [0.25, 0.3) is 0 Å². The molecule has 1 saturated carbocycles. The lowest BCUT2D eigenvalue weighted by molar-refractivity contribution is -0.130. The molecule has 0 unspecified atom stereocenters. The molecular formula is C14H25N3O2S. The Kier molecular flexibility index (Phi) is 6.91. The highest BCUT2D eigenvalue weighted by molar-refractivity contribution is 7.80. The zero-order chi connectivity index (χ0) is 15.0. The van der Waals surface area contributed by atoms with Crippen molar-refractivity contribution in [2.75, 3.05) is 13.1 Å². The first-order chi connectivity index (χ1) is 9.53. The van der Waals surface area contributed by atoms with Crippen LogP contribution in [-0.2, 0) is 9.59 Å². The van der Waals surface area contributed by atoms with Gasteiger partial charge in [-0.2, -0.15) is 0 Å². The van der Waals surface area contributed by atoms with Crippen molar-refractivity contribution in [1.82, 2.24) is 10.6 Å². The van der Waals surface area contributed by atoms with E-state index in [9.17, 15) is 9.59 Å². The smallest absolute Gasteiger partial charge is 0.239 e. The average Bonchev–Trinajstić information content (AvgIpc) is 2.69. The van der Waals surface area contributed by atoms with Gasteiger partial charge in [0.25, 0.3) is 0 Å². The molecule has 2 amide bonds. The van der Waals surface area contributed by atoms with Gasteiger partial charge in [-0.3, -0.25) is 9.59 Å². The van der Waals surface area contributed by atoms with Crippen molar-refractivity contribution in [2.24, 2.45) is 11.1 Å². The van der Waals surface area contributed by atoms with Crippen molar-refractivity contribution >= 4 is 29.0 Å². The van der Waals surface area contributed by atoms with Crippen LogP contribution in [0.1, 0.15) is 51.9 Å². The van der Waals surface area contributed by atoms with E-state index in [4.69, 9.17) is 18.0 Å². The number of hydrogen-bond acceptors (Lipinski definition) is 3. The van der Waals surface area contributed by atoms with Crippen LogP contribution < -0.4 is 16.4 Å². The minimum Gasteiger partial charge on any atom is -0.392 e. The molecule has 0 atom stereocenters. The van der Waals surface area contributed by atoms with Crippen molar-refractivity contribution in [1.29, 1.82) is 0 Å². The summed E-state index contributed by atoms with van der Waals surface area (Å²) in [6, 6.07) is 0. The van der Waals surface area contributed by atoms with Gasteiger partial charge in [0.15, 0.2) is 0 Å². The Labute approximate surface area is 126 Å². The number of rotatable bonds is 6. The fourth-order valence-corrected chi connectivity index (χ4v) is 2.87. The molecule has 5 nitrogen and oxygen atoms in total. The van der Waals surface area contributed by atoms with Gasteiger partial charge in [0.2, 0.25) is 11.8 Å². The summed E-state index contributed by atoms with van der Waals surface area (Å²) in [5.41, 5.74) is 5.06. The lowest BCUT2D eigenvalue weighted by Crippen LogP contribution is -2.50. The fraction of sp³-hybridized carbons (Fsp3) is 0.786. The first-order valence-corrected chi connectivity index (χ1v) is 7.78. The monoisotopic (exact) mass is 299 g/mol. The summed E-state index contributed by atoms with van der Waals surface area (Å²) in [4.78, 5) is 24.2. The van der Waals surface area contributed by atoms with Gasteiger partial charge in [0.05, 0.1) is 16.9 Å². The van der Waals surface area contributed by atoms with Crippen LogP contribution in [0, 0.1) is 5.41 Å². The zero-order valence-electron chi connectivity index (χ0n) is 12.2. The van der Waals surface area contributed by atoms with Gasteiger partial charge in [-0.05, 0) is 19.3 Å². The molecule has 0 aliphatic heterocycles. The Balaban J connectivity index is 2.60. The molecule has 0 heterocycles. The minimum atomic E-state index is -0.767. The number of hydrogen-bond donors (Lipinski definition) is 3. The molecule has 1 aliphatic carbocycles. The molecule has 0 saturated heterocycles. The molecule has 1 fully saturated rings. The SMILES string of the molecule is CCCNC(=O)CNC(=O)C1(C(N)=S)CCCCCC1. The molecule has 1 rings (SSSR count).